The molecule has 0 amide bonds. The lowest BCUT2D eigenvalue weighted by atomic mass is 10.2. The van der Waals surface area contributed by atoms with Crippen molar-refractivity contribution in [2.24, 2.45) is 0 Å². The molecule has 0 radical (unpaired) electrons. The van der Waals surface area contributed by atoms with Crippen LogP contribution < -0.4 is 9.05 Å². The minimum absolute atomic E-state index is 0.118. The SMILES string of the molecule is C=C(C)C(=O)P(=O)(Oc1ccc(C)cc1)Oc1ccc(C)cc1. The average molecular weight is 330 g/mol. The number of carbonyl (C=O) groups is 1. The van der Waals surface area contributed by atoms with E-state index in [1.165, 1.54) is 6.92 Å². The fourth-order valence-electron chi connectivity index (χ4n) is 1.81. The summed E-state index contributed by atoms with van der Waals surface area (Å²) in [5, 5.41) is 0. The molecule has 0 heterocycles. The Bertz CT molecular complexity index is 709. The van der Waals surface area contributed by atoms with Crippen LogP contribution in [0.1, 0.15) is 18.1 Å². The molecule has 0 fully saturated rings. The van der Waals surface area contributed by atoms with E-state index < -0.39 is 13.1 Å². The summed E-state index contributed by atoms with van der Waals surface area (Å²) < 4.78 is 23.9. The van der Waals surface area contributed by atoms with Gasteiger partial charge in [0.05, 0.1) is 0 Å². The normalized spacial score (nSPS) is 10.9. The summed E-state index contributed by atoms with van der Waals surface area (Å²) in [5.41, 5.74) is 1.43. The van der Waals surface area contributed by atoms with Gasteiger partial charge in [-0.15, -0.1) is 0 Å². The van der Waals surface area contributed by atoms with Gasteiger partial charge in [0.25, 0.3) is 5.52 Å². The first kappa shape index (κ1) is 17.0. The van der Waals surface area contributed by atoms with Crippen LogP contribution in [0.3, 0.4) is 0 Å². The topological polar surface area (TPSA) is 52.6 Å². The van der Waals surface area contributed by atoms with E-state index in [9.17, 15) is 9.36 Å². The van der Waals surface area contributed by atoms with Gasteiger partial charge in [-0.05, 0) is 45.0 Å². The van der Waals surface area contributed by atoms with Crippen molar-refractivity contribution in [1.82, 2.24) is 0 Å². The number of benzene rings is 2. The molecule has 120 valence electrons. The van der Waals surface area contributed by atoms with Gasteiger partial charge in [-0.25, -0.2) is 4.57 Å². The van der Waals surface area contributed by atoms with E-state index in [1.54, 1.807) is 48.5 Å². The van der Waals surface area contributed by atoms with Gasteiger partial charge in [-0.2, -0.15) is 0 Å². The molecule has 0 aliphatic carbocycles. The van der Waals surface area contributed by atoms with E-state index >= 15 is 0 Å². The minimum atomic E-state index is -4.08. The van der Waals surface area contributed by atoms with Crippen molar-refractivity contribution in [2.45, 2.75) is 20.8 Å². The quantitative estimate of drug-likeness (QED) is 0.549. The van der Waals surface area contributed by atoms with Crippen LogP contribution in [0.2, 0.25) is 0 Å². The third-order valence-electron chi connectivity index (χ3n) is 3.11. The van der Waals surface area contributed by atoms with Crippen molar-refractivity contribution in [3.8, 4) is 11.5 Å². The standard InChI is InChI=1S/C18H19O4P/c1-13(2)18(19)23(20,21-16-9-5-14(3)6-10-16)22-17-11-7-15(4)8-12-17/h5-12H,1H2,2-4H3. The van der Waals surface area contributed by atoms with Crippen molar-refractivity contribution in [2.75, 3.05) is 0 Å². The highest BCUT2D eigenvalue weighted by molar-refractivity contribution is 7.73. The van der Waals surface area contributed by atoms with Crippen LogP contribution in [0.5, 0.6) is 11.5 Å². The van der Waals surface area contributed by atoms with Crippen molar-refractivity contribution < 1.29 is 18.4 Å². The first-order chi connectivity index (χ1) is 10.8. The first-order valence-corrected chi connectivity index (χ1v) is 8.67. The van der Waals surface area contributed by atoms with E-state index in [4.69, 9.17) is 9.05 Å². The number of carbonyl (C=O) groups excluding carboxylic acids is 1. The van der Waals surface area contributed by atoms with Crippen LogP contribution >= 0.6 is 7.60 Å². The fraction of sp³-hybridized carbons (Fsp3) is 0.167. The lowest BCUT2D eigenvalue weighted by Crippen LogP contribution is -2.12. The summed E-state index contributed by atoms with van der Waals surface area (Å²) in [6.07, 6.45) is 0. The van der Waals surface area contributed by atoms with Crippen LogP contribution in [-0.2, 0) is 9.36 Å². The second-order valence-electron chi connectivity index (χ2n) is 5.39. The highest BCUT2D eigenvalue weighted by atomic mass is 31.2. The van der Waals surface area contributed by atoms with E-state index in [2.05, 4.69) is 6.58 Å². The first-order valence-electron chi connectivity index (χ1n) is 7.13. The molecule has 5 heteroatoms. The van der Waals surface area contributed by atoms with Gasteiger partial charge in [-0.1, -0.05) is 42.0 Å². The van der Waals surface area contributed by atoms with Crippen LogP contribution in [0.4, 0.5) is 0 Å². The summed E-state index contributed by atoms with van der Waals surface area (Å²) >= 11 is 0. The smallest absolute Gasteiger partial charge is 0.411 e. The number of hydrogen-bond donors (Lipinski definition) is 0. The van der Waals surface area contributed by atoms with Gasteiger partial charge >= 0.3 is 7.60 Å². The van der Waals surface area contributed by atoms with Crippen LogP contribution in [0.25, 0.3) is 0 Å². The largest absolute Gasteiger partial charge is 0.503 e. The molecule has 2 aromatic carbocycles. The zero-order valence-corrected chi connectivity index (χ0v) is 14.3. The van der Waals surface area contributed by atoms with Crippen molar-refractivity contribution in [3.05, 3.63) is 71.8 Å². The van der Waals surface area contributed by atoms with Gasteiger partial charge in [0, 0.05) is 5.57 Å². The average Bonchev–Trinajstić information content (AvgIpc) is 2.51. The molecule has 0 aliphatic heterocycles. The van der Waals surface area contributed by atoms with Gasteiger partial charge in [0.1, 0.15) is 11.5 Å². The molecule has 0 saturated carbocycles. The van der Waals surface area contributed by atoms with E-state index in [0.717, 1.165) is 11.1 Å². The van der Waals surface area contributed by atoms with Crippen molar-refractivity contribution >= 4 is 13.1 Å². The Labute approximate surface area is 136 Å². The third-order valence-corrected chi connectivity index (χ3v) is 4.89. The molecule has 0 unspecified atom stereocenters. The predicted molar refractivity (Wildman–Crippen MR) is 91.0 cm³/mol. The number of rotatable bonds is 6. The minimum Gasteiger partial charge on any atom is -0.411 e. The number of allylic oxidation sites excluding steroid dienone is 1. The second-order valence-corrected chi connectivity index (χ2v) is 7.16. The lowest BCUT2D eigenvalue weighted by Gasteiger charge is -2.19. The number of aryl methyl sites for hydroxylation is 2. The van der Waals surface area contributed by atoms with Gasteiger partial charge < -0.3 is 9.05 Å². The van der Waals surface area contributed by atoms with Gasteiger partial charge in [-0.3, -0.25) is 4.79 Å². The van der Waals surface area contributed by atoms with E-state index in [-0.39, 0.29) is 5.57 Å². The highest BCUT2D eigenvalue weighted by Gasteiger charge is 2.38. The predicted octanol–water partition coefficient (Wildman–Crippen LogP) is 5.06. The molecule has 2 aromatic rings. The zero-order chi connectivity index (χ0) is 17.0. The Hall–Kier alpha value is -2.32. The summed E-state index contributed by atoms with van der Waals surface area (Å²) in [5.74, 6) is 0.612. The van der Waals surface area contributed by atoms with E-state index in [1.807, 2.05) is 13.8 Å². The van der Waals surface area contributed by atoms with Crippen LogP contribution in [0.15, 0.2) is 60.7 Å². The maximum atomic E-state index is 13.0. The summed E-state index contributed by atoms with van der Waals surface area (Å²) in [7, 11) is -4.08. The number of hydrogen-bond acceptors (Lipinski definition) is 4. The van der Waals surface area contributed by atoms with E-state index in [0.29, 0.717) is 11.5 Å². The highest BCUT2D eigenvalue weighted by Crippen LogP contribution is 2.50. The zero-order valence-electron chi connectivity index (χ0n) is 13.4. The molecule has 4 nitrogen and oxygen atoms in total. The molecule has 0 atom stereocenters. The Balaban J connectivity index is 2.33. The molecule has 0 bridgehead atoms. The molecule has 0 spiro atoms. The molecule has 0 saturated heterocycles. The second kappa shape index (κ2) is 6.84. The van der Waals surface area contributed by atoms with Gasteiger partial charge in [0.2, 0.25) is 0 Å². The Kier molecular flexibility index (Phi) is 5.07. The summed E-state index contributed by atoms with van der Waals surface area (Å²) in [6.45, 7) is 8.87. The maximum absolute atomic E-state index is 13.0. The van der Waals surface area contributed by atoms with Crippen molar-refractivity contribution in [1.29, 1.82) is 0 Å². The monoisotopic (exact) mass is 330 g/mol. The Morgan fingerprint density at radius 3 is 1.52 bits per heavy atom. The third kappa shape index (κ3) is 4.33. The summed E-state index contributed by atoms with van der Waals surface area (Å²) in [6, 6.07) is 13.8. The fourth-order valence-corrected chi connectivity index (χ4v) is 3.28. The molecular formula is C18H19O4P. The Morgan fingerprint density at radius 1 is 0.870 bits per heavy atom. The van der Waals surface area contributed by atoms with Crippen LogP contribution in [-0.4, -0.2) is 5.52 Å². The van der Waals surface area contributed by atoms with Crippen molar-refractivity contribution in [3.63, 3.8) is 0 Å². The molecule has 23 heavy (non-hydrogen) atoms. The molecule has 0 aromatic heterocycles. The summed E-state index contributed by atoms with van der Waals surface area (Å²) in [4.78, 5) is 12.3. The molecule has 0 aliphatic rings. The molecule has 2 rings (SSSR count). The molecular weight excluding hydrogens is 311 g/mol. The van der Waals surface area contributed by atoms with Gasteiger partial charge in [0.15, 0.2) is 0 Å². The maximum Gasteiger partial charge on any atom is 0.503 e. The Morgan fingerprint density at radius 2 is 1.22 bits per heavy atom. The lowest BCUT2D eigenvalue weighted by molar-refractivity contribution is -0.109. The van der Waals surface area contributed by atoms with Crippen LogP contribution in [0, 0.1) is 13.8 Å². The molecule has 0 N–H and O–H groups in total.